The van der Waals surface area contributed by atoms with Crippen molar-refractivity contribution < 1.29 is 9.59 Å². The Hall–Kier alpha value is -2.68. The summed E-state index contributed by atoms with van der Waals surface area (Å²) in [4.78, 5) is 21.7. The van der Waals surface area contributed by atoms with Crippen molar-refractivity contribution in [2.45, 2.75) is 19.3 Å². The average molecular weight is 305 g/mol. The van der Waals surface area contributed by atoms with Crippen LogP contribution in [0.5, 0.6) is 0 Å². The maximum atomic E-state index is 11.4. The molecule has 0 atom stereocenters. The molecule has 1 aliphatic heterocycles. The number of hydrogen-bond donors (Lipinski definition) is 4. The minimum atomic E-state index is -0.158. The average Bonchev–Trinajstić information content (AvgIpc) is 3.01. The van der Waals surface area contributed by atoms with Gasteiger partial charge in [-0.3, -0.25) is 20.0 Å². The lowest BCUT2D eigenvalue weighted by molar-refractivity contribution is -0.117. The van der Waals surface area contributed by atoms with Crippen LogP contribution in [0.1, 0.15) is 18.5 Å². The lowest BCUT2D eigenvalue weighted by atomic mass is 10.2. The summed E-state index contributed by atoms with van der Waals surface area (Å²) >= 11 is 0. The zero-order chi connectivity index (χ0) is 15.8. The molecule has 2 rings (SSSR count). The number of amides is 2. The number of anilines is 1. The molecule has 0 fully saturated rings. The van der Waals surface area contributed by atoms with Gasteiger partial charge in [0.1, 0.15) is 5.70 Å². The van der Waals surface area contributed by atoms with Gasteiger partial charge in [-0.25, -0.2) is 0 Å². The minimum absolute atomic E-state index is 0.158. The van der Waals surface area contributed by atoms with Gasteiger partial charge in [0.05, 0.1) is 5.69 Å². The molecule has 0 aromatic carbocycles. The van der Waals surface area contributed by atoms with Crippen LogP contribution in [-0.2, 0) is 16.0 Å². The molecule has 0 bridgehead atoms. The highest BCUT2D eigenvalue weighted by atomic mass is 16.2. The number of nitrogens with zero attached hydrogens (tertiary/aromatic N) is 3. The second-order valence-corrected chi connectivity index (χ2v) is 4.68. The van der Waals surface area contributed by atoms with Gasteiger partial charge in [-0.05, 0) is 31.4 Å². The lowest BCUT2D eigenvalue weighted by Gasteiger charge is -2.14. The van der Waals surface area contributed by atoms with Crippen molar-refractivity contribution in [3.63, 3.8) is 0 Å². The zero-order valence-corrected chi connectivity index (χ0v) is 12.3. The van der Waals surface area contributed by atoms with Crippen molar-refractivity contribution in [3.8, 4) is 0 Å². The van der Waals surface area contributed by atoms with Gasteiger partial charge in [-0.2, -0.15) is 5.10 Å². The molecular weight excluding hydrogens is 286 g/mol. The summed E-state index contributed by atoms with van der Waals surface area (Å²) in [6.07, 6.45) is 4.99. The number of likely N-dealkylation sites (N-methyl/N-ethyl adjacent to an activating group) is 1. The predicted molar refractivity (Wildman–Crippen MR) is 79.8 cm³/mol. The van der Waals surface area contributed by atoms with Crippen molar-refractivity contribution in [1.29, 1.82) is 0 Å². The number of carbonyl (C=O) groups is 2. The van der Waals surface area contributed by atoms with Gasteiger partial charge in [-0.15, -0.1) is 10.6 Å². The fourth-order valence-corrected chi connectivity index (χ4v) is 1.94. The van der Waals surface area contributed by atoms with Crippen LogP contribution in [0.2, 0.25) is 0 Å². The Morgan fingerprint density at radius 3 is 2.91 bits per heavy atom. The first kappa shape index (κ1) is 15.7. The highest BCUT2D eigenvalue weighted by molar-refractivity contribution is 5.92. The highest BCUT2D eigenvalue weighted by Crippen LogP contribution is 2.06. The molecular formula is C13H19N7O2. The second kappa shape index (κ2) is 7.93. The number of nitrogens with one attached hydrogen (secondary N) is 4. The van der Waals surface area contributed by atoms with Crippen LogP contribution in [0.15, 0.2) is 24.0 Å². The van der Waals surface area contributed by atoms with E-state index in [1.54, 1.807) is 19.3 Å². The molecule has 0 aliphatic carbocycles. The van der Waals surface area contributed by atoms with Gasteiger partial charge >= 0.3 is 0 Å². The van der Waals surface area contributed by atoms with E-state index >= 15 is 0 Å². The van der Waals surface area contributed by atoms with Crippen molar-refractivity contribution in [1.82, 2.24) is 31.5 Å². The van der Waals surface area contributed by atoms with Gasteiger partial charge in [-0.1, -0.05) is 0 Å². The number of rotatable bonds is 8. The smallest absolute Gasteiger partial charge is 0.270 e. The van der Waals surface area contributed by atoms with E-state index in [4.69, 9.17) is 0 Å². The molecule has 1 aliphatic rings. The molecule has 1 aromatic heterocycles. The molecule has 1 aromatic rings. The van der Waals surface area contributed by atoms with Crippen LogP contribution in [0.25, 0.3) is 0 Å². The third kappa shape index (κ3) is 4.42. The van der Waals surface area contributed by atoms with Gasteiger partial charge < -0.3 is 10.6 Å². The van der Waals surface area contributed by atoms with E-state index in [9.17, 15) is 9.59 Å². The second-order valence-electron chi connectivity index (χ2n) is 4.68. The van der Waals surface area contributed by atoms with Gasteiger partial charge in [0.15, 0.2) is 5.82 Å². The van der Waals surface area contributed by atoms with Crippen molar-refractivity contribution in [2.24, 2.45) is 0 Å². The maximum absolute atomic E-state index is 11.4. The summed E-state index contributed by atoms with van der Waals surface area (Å²) in [6, 6.07) is 3.57. The largest absolute Gasteiger partial charge is 0.354 e. The van der Waals surface area contributed by atoms with Gasteiger partial charge in [0.25, 0.3) is 5.91 Å². The minimum Gasteiger partial charge on any atom is -0.354 e. The zero-order valence-electron chi connectivity index (χ0n) is 12.3. The number of aromatic nitrogens is 2. The summed E-state index contributed by atoms with van der Waals surface area (Å²) in [6.45, 7) is 0.770. The third-order valence-corrected chi connectivity index (χ3v) is 3.10. The number of carbonyl (C=O) groups excluding carboxylic acids is 2. The molecule has 0 saturated heterocycles. The molecule has 2 amide bonds. The summed E-state index contributed by atoms with van der Waals surface area (Å²) in [7, 11) is 1.59. The molecule has 4 N–H and O–H groups in total. The van der Waals surface area contributed by atoms with Crippen LogP contribution >= 0.6 is 0 Å². The van der Waals surface area contributed by atoms with Crippen molar-refractivity contribution >= 4 is 18.1 Å². The van der Waals surface area contributed by atoms with Crippen LogP contribution < -0.4 is 21.6 Å². The topological polar surface area (TPSA) is 111 Å². The maximum Gasteiger partial charge on any atom is 0.270 e. The summed E-state index contributed by atoms with van der Waals surface area (Å²) < 4.78 is 0. The van der Waals surface area contributed by atoms with Crippen LogP contribution in [0, 0.1) is 0 Å². The molecule has 0 unspecified atom stereocenters. The molecule has 22 heavy (non-hydrogen) atoms. The molecule has 2 heterocycles. The molecule has 0 saturated carbocycles. The highest BCUT2D eigenvalue weighted by Gasteiger charge is 2.15. The van der Waals surface area contributed by atoms with Crippen LogP contribution in [-0.4, -0.2) is 41.1 Å². The first-order valence-electron chi connectivity index (χ1n) is 6.98. The van der Waals surface area contributed by atoms with Crippen LogP contribution in [0.3, 0.4) is 0 Å². The SMILES string of the molecule is CNC(=O)C1=CN(CCCCc2ccc(NC=O)nn2)NN1. The Labute approximate surface area is 128 Å². The fourth-order valence-electron chi connectivity index (χ4n) is 1.94. The van der Waals surface area contributed by atoms with E-state index in [2.05, 4.69) is 31.8 Å². The summed E-state index contributed by atoms with van der Waals surface area (Å²) in [5, 5.41) is 14.7. The van der Waals surface area contributed by atoms with E-state index in [0.29, 0.717) is 17.9 Å². The molecule has 0 spiro atoms. The Bertz CT molecular complexity index is 544. The Kier molecular flexibility index (Phi) is 5.66. The Morgan fingerprint density at radius 1 is 1.36 bits per heavy atom. The van der Waals surface area contributed by atoms with Crippen LogP contribution in [0.4, 0.5) is 5.82 Å². The predicted octanol–water partition coefficient (Wildman–Crippen LogP) is -0.720. The lowest BCUT2D eigenvalue weighted by Crippen LogP contribution is -2.39. The van der Waals surface area contributed by atoms with Crippen molar-refractivity contribution in [2.75, 3.05) is 18.9 Å². The van der Waals surface area contributed by atoms with E-state index < -0.39 is 0 Å². The van der Waals surface area contributed by atoms with E-state index in [1.165, 1.54) is 0 Å². The fraction of sp³-hybridized carbons (Fsp3) is 0.385. The molecule has 118 valence electrons. The first-order valence-corrected chi connectivity index (χ1v) is 6.98. The first-order chi connectivity index (χ1) is 10.7. The molecule has 0 radical (unpaired) electrons. The van der Waals surface area contributed by atoms with E-state index in [1.807, 2.05) is 11.1 Å². The number of aryl methyl sites for hydroxylation is 1. The van der Waals surface area contributed by atoms with E-state index in [-0.39, 0.29) is 5.91 Å². The Morgan fingerprint density at radius 2 is 2.23 bits per heavy atom. The Balaban J connectivity index is 1.68. The normalized spacial score (nSPS) is 13.3. The van der Waals surface area contributed by atoms with Gasteiger partial charge in [0.2, 0.25) is 6.41 Å². The number of hydrogen-bond acceptors (Lipinski definition) is 7. The van der Waals surface area contributed by atoms with Crippen molar-refractivity contribution in [3.05, 3.63) is 29.7 Å². The van der Waals surface area contributed by atoms with Gasteiger partial charge in [0, 0.05) is 19.8 Å². The molecule has 9 nitrogen and oxygen atoms in total. The third-order valence-electron chi connectivity index (χ3n) is 3.10. The summed E-state index contributed by atoms with van der Waals surface area (Å²) in [5.74, 6) is 0.284. The standard InChI is InChI=1S/C13H19N7O2/c1-14-13(22)11-8-20(19-17-11)7-3-2-4-10-5-6-12(15-9-21)18-16-10/h5-6,8-9,17,19H,2-4,7H2,1H3,(H,14,22)(H,15,18,21). The molecule has 9 heteroatoms. The number of unbranched alkanes of at least 4 members (excludes halogenated alkanes) is 1. The number of hydrazine groups is 2. The summed E-state index contributed by atoms with van der Waals surface area (Å²) in [5.41, 5.74) is 7.08. The van der Waals surface area contributed by atoms with E-state index in [0.717, 1.165) is 31.5 Å². The quantitative estimate of drug-likeness (QED) is 0.370. The monoisotopic (exact) mass is 305 g/mol.